The lowest BCUT2D eigenvalue weighted by atomic mass is 10.1. The van der Waals surface area contributed by atoms with Crippen LogP contribution in [0.3, 0.4) is 0 Å². The van der Waals surface area contributed by atoms with E-state index in [2.05, 4.69) is 16.9 Å². The Bertz CT molecular complexity index is 1190. The molecule has 1 aliphatic rings. The molecule has 33 heavy (non-hydrogen) atoms. The average Bonchev–Trinajstić information content (AvgIpc) is 2.86. The third-order valence-electron chi connectivity index (χ3n) is 5.19. The second-order valence-electron chi connectivity index (χ2n) is 7.64. The molecule has 0 fully saturated rings. The summed E-state index contributed by atoms with van der Waals surface area (Å²) in [7, 11) is 0. The van der Waals surface area contributed by atoms with Crippen molar-refractivity contribution in [1.29, 1.82) is 0 Å². The summed E-state index contributed by atoms with van der Waals surface area (Å²) in [5.74, 6) is 0. The molecule has 2 N–H and O–H groups in total. The normalized spacial score (nSPS) is 12.6. The van der Waals surface area contributed by atoms with Crippen molar-refractivity contribution in [2.24, 2.45) is 9.98 Å². The molecule has 0 spiro atoms. The van der Waals surface area contributed by atoms with Gasteiger partial charge in [-0.1, -0.05) is 17.7 Å². The van der Waals surface area contributed by atoms with Crippen LogP contribution in [0, 0.1) is 6.92 Å². The van der Waals surface area contributed by atoms with Crippen LogP contribution in [0.1, 0.15) is 12.5 Å². The molecule has 6 nitrogen and oxygen atoms in total. The Balaban J connectivity index is 1.42. The van der Waals surface area contributed by atoms with E-state index >= 15 is 0 Å². The summed E-state index contributed by atoms with van der Waals surface area (Å²) in [6.45, 7) is 4.39. The van der Waals surface area contributed by atoms with Gasteiger partial charge in [-0.15, -0.1) is 0 Å². The van der Waals surface area contributed by atoms with E-state index in [4.69, 9.17) is 0 Å². The summed E-state index contributed by atoms with van der Waals surface area (Å²) in [6, 6.07) is 22.4. The fourth-order valence-corrected chi connectivity index (χ4v) is 3.29. The van der Waals surface area contributed by atoms with Crippen molar-refractivity contribution in [2.45, 2.75) is 13.8 Å². The molecule has 0 aromatic heterocycles. The first-order chi connectivity index (χ1) is 16.0. The van der Waals surface area contributed by atoms with Gasteiger partial charge in [-0.25, -0.2) is 15.0 Å². The lowest BCUT2D eigenvalue weighted by molar-refractivity contribution is 0.260. The predicted molar refractivity (Wildman–Crippen MR) is 135 cm³/mol. The maximum absolute atomic E-state index is 10.5. The zero-order chi connectivity index (χ0) is 23.2. The molecule has 4 rings (SSSR count). The van der Waals surface area contributed by atoms with E-state index in [1.807, 2.05) is 67.6 Å². The van der Waals surface area contributed by atoms with Crippen molar-refractivity contribution in [1.82, 2.24) is 0 Å². The van der Waals surface area contributed by atoms with Gasteiger partial charge in [-0.3, -0.25) is 15.5 Å². The van der Waals surface area contributed by atoms with Crippen molar-refractivity contribution in [3.63, 3.8) is 0 Å². The Hall–Kier alpha value is -4.00. The third kappa shape index (κ3) is 5.63. The van der Waals surface area contributed by atoms with Crippen molar-refractivity contribution in [3.8, 4) is 0 Å². The number of rotatable bonds is 6. The highest BCUT2D eigenvalue weighted by atomic mass is 16.5. The summed E-state index contributed by atoms with van der Waals surface area (Å²) < 4.78 is 0. The van der Waals surface area contributed by atoms with Crippen molar-refractivity contribution in [2.75, 3.05) is 16.7 Å². The number of hydroxylamine groups is 1. The molecule has 0 radical (unpaired) electrons. The molecule has 166 valence electrons. The Morgan fingerprint density at radius 1 is 0.606 bits per heavy atom. The molecule has 0 atom stereocenters. The SMILES string of the molecule is CCN(O)c1ccc(N(O)c2ccc(N=C3C=CC(=Nc4ccc(C)cc4)C=C3)cc2)cc1. The number of aliphatic imine (C=N–C) groups is 2. The first kappa shape index (κ1) is 22.2. The number of allylic oxidation sites excluding steroid dienone is 4. The number of nitrogens with zero attached hydrogens (tertiary/aromatic N) is 4. The zero-order valence-electron chi connectivity index (χ0n) is 18.6. The van der Waals surface area contributed by atoms with E-state index in [1.165, 1.54) is 5.56 Å². The summed E-state index contributed by atoms with van der Waals surface area (Å²) in [6.07, 6.45) is 7.75. The molecule has 1 aliphatic carbocycles. The molecule has 0 unspecified atom stereocenters. The summed E-state index contributed by atoms with van der Waals surface area (Å²) in [5.41, 5.74) is 6.49. The molecular weight excluding hydrogens is 412 g/mol. The Morgan fingerprint density at radius 2 is 1.00 bits per heavy atom. The van der Waals surface area contributed by atoms with Crippen molar-refractivity contribution >= 4 is 39.9 Å². The summed E-state index contributed by atoms with van der Waals surface area (Å²) in [4.78, 5) is 9.26. The van der Waals surface area contributed by atoms with Crippen LogP contribution in [0.25, 0.3) is 0 Å². The topological polar surface area (TPSA) is 71.7 Å². The number of hydrogen-bond donors (Lipinski definition) is 2. The molecule has 3 aromatic carbocycles. The Kier molecular flexibility index (Phi) is 6.78. The van der Waals surface area contributed by atoms with Crippen LogP contribution in [-0.2, 0) is 0 Å². The fourth-order valence-electron chi connectivity index (χ4n) is 3.29. The number of hydrogen-bond acceptors (Lipinski definition) is 6. The van der Waals surface area contributed by atoms with Crippen LogP contribution in [0.2, 0.25) is 0 Å². The van der Waals surface area contributed by atoms with Gasteiger partial charge in [0, 0.05) is 6.54 Å². The highest BCUT2D eigenvalue weighted by Gasteiger charge is 2.08. The van der Waals surface area contributed by atoms with E-state index in [0.717, 1.165) is 32.9 Å². The molecule has 0 bridgehead atoms. The predicted octanol–water partition coefficient (Wildman–Crippen LogP) is 6.71. The monoisotopic (exact) mass is 438 g/mol. The highest BCUT2D eigenvalue weighted by molar-refractivity contribution is 6.19. The Labute approximate surface area is 193 Å². The van der Waals surface area contributed by atoms with Gasteiger partial charge in [0.2, 0.25) is 0 Å². The maximum Gasteiger partial charge on any atom is 0.0694 e. The first-order valence-electron chi connectivity index (χ1n) is 10.8. The third-order valence-corrected chi connectivity index (χ3v) is 5.19. The van der Waals surface area contributed by atoms with E-state index in [0.29, 0.717) is 23.6 Å². The Morgan fingerprint density at radius 3 is 1.45 bits per heavy atom. The van der Waals surface area contributed by atoms with E-state index in [-0.39, 0.29) is 0 Å². The highest BCUT2D eigenvalue weighted by Crippen LogP contribution is 2.27. The van der Waals surface area contributed by atoms with Gasteiger partial charge in [-0.05, 0) is 98.8 Å². The van der Waals surface area contributed by atoms with Gasteiger partial charge in [0.15, 0.2) is 0 Å². The lowest BCUT2D eigenvalue weighted by Gasteiger charge is -2.19. The molecule has 0 heterocycles. The molecule has 3 aromatic rings. The zero-order valence-corrected chi connectivity index (χ0v) is 18.6. The summed E-state index contributed by atoms with van der Waals surface area (Å²) in [5, 5.41) is 22.5. The first-order valence-corrected chi connectivity index (χ1v) is 10.8. The second kappa shape index (κ2) is 10.1. The quantitative estimate of drug-likeness (QED) is 0.331. The average molecular weight is 439 g/mol. The second-order valence-corrected chi connectivity index (χ2v) is 7.64. The molecule has 0 aliphatic heterocycles. The molecule has 0 saturated heterocycles. The van der Waals surface area contributed by atoms with Crippen LogP contribution in [-0.4, -0.2) is 28.4 Å². The van der Waals surface area contributed by atoms with E-state index < -0.39 is 0 Å². The van der Waals surface area contributed by atoms with E-state index in [1.54, 1.807) is 36.4 Å². The summed E-state index contributed by atoms with van der Waals surface area (Å²) >= 11 is 0. The largest absolute Gasteiger partial charge is 0.288 e. The van der Waals surface area contributed by atoms with Crippen LogP contribution in [0.5, 0.6) is 0 Å². The number of anilines is 3. The fraction of sp³-hybridized carbons (Fsp3) is 0.111. The van der Waals surface area contributed by atoms with Gasteiger partial charge in [0.25, 0.3) is 0 Å². The van der Waals surface area contributed by atoms with Gasteiger partial charge in [0.1, 0.15) is 0 Å². The van der Waals surface area contributed by atoms with Gasteiger partial charge < -0.3 is 0 Å². The minimum absolute atomic E-state index is 0.484. The molecule has 0 saturated carbocycles. The lowest BCUT2D eigenvalue weighted by Crippen LogP contribution is -2.17. The van der Waals surface area contributed by atoms with Crippen LogP contribution >= 0.6 is 0 Å². The van der Waals surface area contributed by atoms with Crippen LogP contribution < -0.4 is 10.1 Å². The smallest absolute Gasteiger partial charge is 0.0694 e. The van der Waals surface area contributed by atoms with Crippen LogP contribution in [0.15, 0.2) is 107 Å². The maximum atomic E-state index is 10.5. The van der Waals surface area contributed by atoms with Gasteiger partial charge >= 0.3 is 0 Å². The van der Waals surface area contributed by atoms with E-state index in [9.17, 15) is 10.4 Å². The minimum Gasteiger partial charge on any atom is -0.288 e. The van der Waals surface area contributed by atoms with Crippen molar-refractivity contribution in [3.05, 3.63) is 103 Å². The van der Waals surface area contributed by atoms with Gasteiger partial charge in [0.05, 0.1) is 39.9 Å². The van der Waals surface area contributed by atoms with Gasteiger partial charge in [-0.2, -0.15) is 0 Å². The molecule has 0 amide bonds. The standard InChI is InChI=1S/C27H26N4O2/c1-3-30(32)25-16-18-27(19-17-25)31(33)26-14-12-24(13-15-26)29-23-10-8-22(9-11-23)28-21-6-4-20(2)5-7-21/h4-19,32-33H,3H2,1-2H3. The minimum atomic E-state index is 0.484. The number of aryl methyl sites for hydroxylation is 1. The molecular formula is C27H26N4O2. The van der Waals surface area contributed by atoms with Crippen LogP contribution in [0.4, 0.5) is 28.4 Å². The number of benzene rings is 3. The molecule has 6 heteroatoms. The van der Waals surface area contributed by atoms with Crippen molar-refractivity contribution < 1.29 is 10.4 Å².